The van der Waals surface area contributed by atoms with E-state index in [1.807, 2.05) is 12.3 Å². The van der Waals surface area contributed by atoms with E-state index in [0.717, 1.165) is 23.3 Å². The number of aromatic nitrogens is 1. The number of anilines is 1. The zero-order valence-corrected chi connectivity index (χ0v) is 11.1. The van der Waals surface area contributed by atoms with Crippen molar-refractivity contribution < 1.29 is 0 Å². The lowest BCUT2D eigenvalue weighted by Gasteiger charge is -2.05. The molecular weight excluding hydrogens is 252 g/mol. The molecule has 0 aromatic carbocycles. The van der Waals surface area contributed by atoms with Gasteiger partial charge in [-0.25, -0.2) is 4.98 Å². The Bertz CT molecular complexity index is 355. The number of allylic oxidation sites excluding steroid dienone is 1. The molecule has 82 valence electrons. The van der Waals surface area contributed by atoms with Crippen molar-refractivity contribution in [3.05, 3.63) is 33.9 Å². The van der Waals surface area contributed by atoms with Gasteiger partial charge in [0.2, 0.25) is 0 Å². The van der Waals surface area contributed by atoms with E-state index in [1.165, 1.54) is 11.1 Å². The molecule has 0 aliphatic carbocycles. The Kier molecular flexibility index (Phi) is 4.82. The van der Waals surface area contributed by atoms with Gasteiger partial charge in [-0.15, -0.1) is 0 Å². The first-order valence-electron chi connectivity index (χ1n) is 5.09. The number of nitrogens with zero attached hydrogens (tertiary/aromatic N) is 1. The van der Waals surface area contributed by atoms with Gasteiger partial charge in [-0.3, -0.25) is 0 Å². The standard InChI is InChI=1S/C12H17BrN2/c1-9(2)5-4-6-14-12-7-10(3)11(13)8-15-12/h5,7-8H,4,6H2,1-3H3,(H,14,15). The van der Waals surface area contributed by atoms with Gasteiger partial charge in [0.15, 0.2) is 0 Å². The molecule has 0 unspecified atom stereocenters. The van der Waals surface area contributed by atoms with Gasteiger partial charge in [0, 0.05) is 17.2 Å². The molecule has 3 heteroatoms. The largest absolute Gasteiger partial charge is 0.370 e. The Hall–Kier alpha value is -0.830. The second kappa shape index (κ2) is 5.91. The van der Waals surface area contributed by atoms with Crippen LogP contribution >= 0.6 is 15.9 Å². The summed E-state index contributed by atoms with van der Waals surface area (Å²) >= 11 is 3.43. The van der Waals surface area contributed by atoms with E-state index in [0.29, 0.717) is 0 Å². The normalized spacial score (nSPS) is 9.87. The molecular formula is C12H17BrN2. The number of halogens is 1. The molecule has 0 radical (unpaired) electrons. The molecule has 0 saturated heterocycles. The molecule has 0 saturated carbocycles. The van der Waals surface area contributed by atoms with Gasteiger partial charge in [0.25, 0.3) is 0 Å². The minimum absolute atomic E-state index is 0.930. The van der Waals surface area contributed by atoms with Crippen LogP contribution in [0.25, 0.3) is 0 Å². The van der Waals surface area contributed by atoms with Crippen molar-refractivity contribution in [2.24, 2.45) is 0 Å². The number of aryl methyl sites for hydroxylation is 1. The van der Waals surface area contributed by atoms with Crippen LogP contribution in [0.5, 0.6) is 0 Å². The minimum atomic E-state index is 0.930. The van der Waals surface area contributed by atoms with Gasteiger partial charge in [-0.2, -0.15) is 0 Å². The number of nitrogens with one attached hydrogen (secondary N) is 1. The van der Waals surface area contributed by atoms with E-state index >= 15 is 0 Å². The van der Waals surface area contributed by atoms with Crippen molar-refractivity contribution in [1.82, 2.24) is 4.98 Å². The molecule has 0 aliphatic heterocycles. The molecule has 0 amide bonds. The zero-order chi connectivity index (χ0) is 11.3. The Morgan fingerprint density at radius 1 is 1.53 bits per heavy atom. The fourth-order valence-electron chi connectivity index (χ4n) is 1.20. The smallest absolute Gasteiger partial charge is 0.126 e. The fraction of sp³-hybridized carbons (Fsp3) is 0.417. The zero-order valence-electron chi connectivity index (χ0n) is 9.47. The lowest BCUT2D eigenvalue weighted by Crippen LogP contribution is -2.02. The first-order chi connectivity index (χ1) is 7.09. The summed E-state index contributed by atoms with van der Waals surface area (Å²) in [6.45, 7) is 7.22. The highest BCUT2D eigenvalue weighted by atomic mass is 79.9. The molecule has 1 N–H and O–H groups in total. The lowest BCUT2D eigenvalue weighted by molar-refractivity contribution is 1.03. The number of hydrogen-bond donors (Lipinski definition) is 1. The summed E-state index contributed by atoms with van der Waals surface area (Å²) in [7, 11) is 0. The Balaban J connectivity index is 2.44. The van der Waals surface area contributed by atoms with Crippen LogP contribution in [-0.2, 0) is 0 Å². The number of hydrogen-bond acceptors (Lipinski definition) is 2. The summed E-state index contributed by atoms with van der Waals surface area (Å²) in [5.74, 6) is 0.942. The van der Waals surface area contributed by atoms with Crippen molar-refractivity contribution in [3.63, 3.8) is 0 Å². The van der Waals surface area contributed by atoms with Crippen molar-refractivity contribution in [1.29, 1.82) is 0 Å². The van der Waals surface area contributed by atoms with Crippen LogP contribution in [0.15, 0.2) is 28.4 Å². The van der Waals surface area contributed by atoms with E-state index in [9.17, 15) is 0 Å². The summed E-state index contributed by atoms with van der Waals surface area (Å²) in [6.07, 6.45) is 5.09. The van der Waals surface area contributed by atoms with Gasteiger partial charge in [0.1, 0.15) is 5.82 Å². The molecule has 2 nitrogen and oxygen atoms in total. The van der Waals surface area contributed by atoms with Crippen LogP contribution < -0.4 is 5.32 Å². The van der Waals surface area contributed by atoms with Crippen LogP contribution in [0.1, 0.15) is 25.8 Å². The van der Waals surface area contributed by atoms with Crippen LogP contribution in [0.2, 0.25) is 0 Å². The maximum atomic E-state index is 4.28. The Morgan fingerprint density at radius 2 is 2.27 bits per heavy atom. The predicted octanol–water partition coefficient (Wildman–Crippen LogP) is 3.92. The van der Waals surface area contributed by atoms with E-state index in [1.54, 1.807) is 0 Å². The van der Waals surface area contributed by atoms with E-state index in [2.05, 4.69) is 53.1 Å². The lowest BCUT2D eigenvalue weighted by atomic mass is 10.2. The maximum absolute atomic E-state index is 4.28. The van der Waals surface area contributed by atoms with E-state index < -0.39 is 0 Å². The van der Waals surface area contributed by atoms with Crippen molar-refractivity contribution in [2.45, 2.75) is 27.2 Å². The van der Waals surface area contributed by atoms with Gasteiger partial charge in [-0.05, 0) is 54.8 Å². The molecule has 1 aromatic rings. The molecule has 0 fully saturated rings. The first kappa shape index (κ1) is 12.2. The van der Waals surface area contributed by atoms with Crippen molar-refractivity contribution in [2.75, 3.05) is 11.9 Å². The molecule has 0 spiro atoms. The van der Waals surface area contributed by atoms with Gasteiger partial charge in [0.05, 0.1) is 0 Å². The molecule has 1 heterocycles. The highest BCUT2D eigenvalue weighted by Crippen LogP contribution is 2.17. The monoisotopic (exact) mass is 268 g/mol. The molecule has 15 heavy (non-hydrogen) atoms. The summed E-state index contributed by atoms with van der Waals surface area (Å²) in [5.41, 5.74) is 2.56. The third kappa shape index (κ3) is 4.47. The minimum Gasteiger partial charge on any atom is -0.370 e. The van der Waals surface area contributed by atoms with Crippen LogP contribution in [0.4, 0.5) is 5.82 Å². The van der Waals surface area contributed by atoms with Crippen LogP contribution in [-0.4, -0.2) is 11.5 Å². The summed E-state index contributed by atoms with van der Waals surface area (Å²) in [6, 6.07) is 2.05. The Morgan fingerprint density at radius 3 is 2.87 bits per heavy atom. The summed E-state index contributed by atoms with van der Waals surface area (Å²) < 4.78 is 1.05. The third-order valence-corrected chi connectivity index (χ3v) is 2.88. The molecule has 0 bridgehead atoms. The summed E-state index contributed by atoms with van der Waals surface area (Å²) in [5, 5.41) is 3.29. The summed E-state index contributed by atoms with van der Waals surface area (Å²) in [4.78, 5) is 4.28. The van der Waals surface area contributed by atoms with Crippen molar-refractivity contribution >= 4 is 21.7 Å². The molecule has 1 aromatic heterocycles. The molecule has 0 aliphatic rings. The topological polar surface area (TPSA) is 24.9 Å². The number of rotatable bonds is 4. The average Bonchev–Trinajstić information content (AvgIpc) is 2.18. The van der Waals surface area contributed by atoms with E-state index in [4.69, 9.17) is 0 Å². The third-order valence-electron chi connectivity index (χ3n) is 2.05. The first-order valence-corrected chi connectivity index (χ1v) is 5.88. The van der Waals surface area contributed by atoms with Crippen LogP contribution in [0, 0.1) is 6.92 Å². The van der Waals surface area contributed by atoms with E-state index in [-0.39, 0.29) is 0 Å². The van der Waals surface area contributed by atoms with Crippen molar-refractivity contribution in [3.8, 4) is 0 Å². The predicted molar refractivity (Wildman–Crippen MR) is 69.2 cm³/mol. The Labute approximate surface area is 99.9 Å². The van der Waals surface area contributed by atoms with Crippen LogP contribution in [0.3, 0.4) is 0 Å². The molecule has 0 atom stereocenters. The maximum Gasteiger partial charge on any atom is 0.126 e. The average molecular weight is 269 g/mol. The fourth-order valence-corrected chi connectivity index (χ4v) is 1.41. The highest BCUT2D eigenvalue weighted by molar-refractivity contribution is 9.10. The SMILES string of the molecule is CC(C)=CCCNc1cc(C)c(Br)cn1. The molecule has 1 rings (SSSR count). The second-order valence-electron chi connectivity index (χ2n) is 3.82. The highest BCUT2D eigenvalue weighted by Gasteiger charge is 1.97. The number of pyridine rings is 1. The van der Waals surface area contributed by atoms with Gasteiger partial charge in [-0.1, -0.05) is 11.6 Å². The van der Waals surface area contributed by atoms with Gasteiger partial charge >= 0.3 is 0 Å². The van der Waals surface area contributed by atoms with Gasteiger partial charge < -0.3 is 5.32 Å². The quantitative estimate of drug-likeness (QED) is 0.662. The second-order valence-corrected chi connectivity index (χ2v) is 4.67.